The first-order chi connectivity index (χ1) is 11.4. The zero-order valence-corrected chi connectivity index (χ0v) is 13.6. The third-order valence-electron chi connectivity index (χ3n) is 6.16. The van der Waals surface area contributed by atoms with Gasteiger partial charge in [-0.25, -0.2) is 0 Å². The standard InChI is InChI=1S/C21H24N2/c1-2-6-18-16(4-1)12-20-17(5-3-7-19(18)20)13-22-21-14-23-10-8-15(21)9-11-23/h1-7,15,21-22H,8-14H2. The van der Waals surface area contributed by atoms with Gasteiger partial charge in [-0.05, 0) is 66.1 Å². The summed E-state index contributed by atoms with van der Waals surface area (Å²) in [6.45, 7) is 4.91. The van der Waals surface area contributed by atoms with E-state index >= 15 is 0 Å². The molecule has 1 N–H and O–H groups in total. The second-order valence-electron chi connectivity index (χ2n) is 7.40. The third kappa shape index (κ3) is 2.32. The van der Waals surface area contributed by atoms with Gasteiger partial charge in [-0.15, -0.1) is 0 Å². The van der Waals surface area contributed by atoms with Gasteiger partial charge in [0.05, 0.1) is 0 Å². The van der Waals surface area contributed by atoms with E-state index in [1.54, 1.807) is 5.56 Å². The molecule has 2 aromatic carbocycles. The van der Waals surface area contributed by atoms with Crippen LogP contribution in [-0.4, -0.2) is 30.6 Å². The minimum absolute atomic E-state index is 0.692. The van der Waals surface area contributed by atoms with Crippen LogP contribution in [0.15, 0.2) is 42.5 Å². The van der Waals surface area contributed by atoms with Gasteiger partial charge in [-0.1, -0.05) is 42.5 Å². The molecule has 4 aliphatic rings. The topological polar surface area (TPSA) is 15.3 Å². The Morgan fingerprint density at radius 1 is 0.957 bits per heavy atom. The number of piperidine rings is 3. The van der Waals surface area contributed by atoms with Crippen molar-refractivity contribution in [1.82, 2.24) is 10.2 Å². The van der Waals surface area contributed by atoms with Crippen LogP contribution in [0.1, 0.15) is 29.5 Å². The lowest BCUT2D eigenvalue weighted by Gasteiger charge is -2.45. The maximum atomic E-state index is 3.88. The molecule has 0 spiro atoms. The van der Waals surface area contributed by atoms with E-state index in [0.29, 0.717) is 6.04 Å². The number of benzene rings is 2. The molecule has 2 nitrogen and oxygen atoms in total. The van der Waals surface area contributed by atoms with Crippen molar-refractivity contribution in [3.8, 4) is 11.1 Å². The number of fused-ring (bicyclic) bond motifs is 6. The number of nitrogens with zero attached hydrogens (tertiary/aromatic N) is 1. The SMILES string of the molecule is c1ccc2c(c1)Cc1c(CNC3CN4CCC3CC4)cccc1-2. The van der Waals surface area contributed by atoms with Gasteiger partial charge < -0.3 is 10.2 Å². The lowest BCUT2D eigenvalue weighted by molar-refractivity contribution is 0.0720. The Hall–Kier alpha value is -1.64. The molecule has 3 saturated heterocycles. The Morgan fingerprint density at radius 2 is 1.78 bits per heavy atom. The number of hydrogen-bond donors (Lipinski definition) is 1. The summed E-state index contributed by atoms with van der Waals surface area (Å²) >= 11 is 0. The van der Waals surface area contributed by atoms with E-state index < -0.39 is 0 Å². The van der Waals surface area contributed by atoms with Crippen LogP contribution < -0.4 is 5.32 Å². The van der Waals surface area contributed by atoms with Crippen LogP contribution in [0.2, 0.25) is 0 Å². The fourth-order valence-corrected chi connectivity index (χ4v) is 4.83. The van der Waals surface area contributed by atoms with E-state index in [4.69, 9.17) is 0 Å². The van der Waals surface area contributed by atoms with Crippen molar-refractivity contribution in [2.24, 2.45) is 5.92 Å². The molecule has 6 rings (SSSR count). The summed E-state index contributed by atoms with van der Waals surface area (Å²) in [6, 6.07) is 16.4. The van der Waals surface area contributed by atoms with E-state index in [2.05, 4.69) is 52.7 Å². The van der Waals surface area contributed by atoms with Crippen LogP contribution in [-0.2, 0) is 13.0 Å². The molecule has 23 heavy (non-hydrogen) atoms. The molecule has 3 heterocycles. The third-order valence-corrected chi connectivity index (χ3v) is 6.16. The van der Waals surface area contributed by atoms with Crippen LogP contribution in [0.4, 0.5) is 0 Å². The molecule has 0 radical (unpaired) electrons. The zero-order chi connectivity index (χ0) is 15.2. The molecule has 3 aliphatic heterocycles. The maximum Gasteiger partial charge on any atom is 0.0227 e. The molecule has 3 fully saturated rings. The molecule has 0 aromatic heterocycles. The minimum atomic E-state index is 0.692. The van der Waals surface area contributed by atoms with E-state index in [1.165, 1.54) is 54.7 Å². The van der Waals surface area contributed by atoms with Gasteiger partial charge in [0.25, 0.3) is 0 Å². The van der Waals surface area contributed by atoms with Gasteiger partial charge in [-0.2, -0.15) is 0 Å². The second-order valence-corrected chi connectivity index (χ2v) is 7.40. The van der Waals surface area contributed by atoms with Gasteiger partial charge >= 0.3 is 0 Å². The van der Waals surface area contributed by atoms with Crippen molar-refractivity contribution < 1.29 is 0 Å². The highest BCUT2D eigenvalue weighted by molar-refractivity contribution is 5.77. The van der Waals surface area contributed by atoms with Gasteiger partial charge in [0, 0.05) is 19.1 Å². The summed E-state index contributed by atoms with van der Waals surface area (Å²) in [4.78, 5) is 2.63. The minimum Gasteiger partial charge on any atom is -0.308 e. The zero-order valence-electron chi connectivity index (χ0n) is 13.6. The molecule has 2 aromatic rings. The largest absolute Gasteiger partial charge is 0.308 e. The molecule has 2 heteroatoms. The summed E-state index contributed by atoms with van der Waals surface area (Å²) in [7, 11) is 0. The van der Waals surface area contributed by atoms with Crippen LogP contribution in [0.5, 0.6) is 0 Å². The predicted molar refractivity (Wildman–Crippen MR) is 94.5 cm³/mol. The van der Waals surface area contributed by atoms with Crippen molar-refractivity contribution in [1.29, 1.82) is 0 Å². The van der Waals surface area contributed by atoms with Crippen molar-refractivity contribution in [2.75, 3.05) is 19.6 Å². The highest BCUT2D eigenvalue weighted by atomic mass is 15.2. The second kappa shape index (κ2) is 5.47. The van der Waals surface area contributed by atoms with Crippen molar-refractivity contribution in [3.05, 3.63) is 59.2 Å². The highest BCUT2D eigenvalue weighted by Gasteiger charge is 2.33. The van der Waals surface area contributed by atoms with Crippen molar-refractivity contribution in [2.45, 2.75) is 31.8 Å². The van der Waals surface area contributed by atoms with Gasteiger partial charge in [-0.3, -0.25) is 0 Å². The highest BCUT2D eigenvalue weighted by Crippen LogP contribution is 2.38. The van der Waals surface area contributed by atoms with Gasteiger partial charge in [0.2, 0.25) is 0 Å². The summed E-state index contributed by atoms with van der Waals surface area (Å²) in [5.41, 5.74) is 7.41. The first kappa shape index (κ1) is 13.8. The lowest BCUT2D eigenvalue weighted by Crippen LogP contribution is -2.55. The molecule has 118 valence electrons. The fraction of sp³-hybridized carbons (Fsp3) is 0.429. The number of nitrogens with one attached hydrogen (secondary N) is 1. The van der Waals surface area contributed by atoms with Gasteiger partial charge in [0.15, 0.2) is 0 Å². The summed E-state index contributed by atoms with van der Waals surface area (Å²) < 4.78 is 0. The molecule has 1 atom stereocenters. The molecule has 0 saturated carbocycles. The Balaban J connectivity index is 1.37. The summed E-state index contributed by atoms with van der Waals surface area (Å²) in [5.74, 6) is 0.897. The monoisotopic (exact) mass is 304 g/mol. The van der Waals surface area contributed by atoms with Crippen molar-refractivity contribution >= 4 is 0 Å². The maximum absolute atomic E-state index is 3.88. The van der Waals surface area contributed by atoms with Crippen LogP contribution in [0.25, 0.3) is 11.1 Å². The first-order valence-electron chi connectivity index (χ1n) is 9.03. The molecule has 0 amide bonds. The van der Waals surface area contributed by atoms with Crippen LogP contribution >= 0.6 is 0 Å². The quantitative estimate of drug-likeness (QED) is 0.797. The molecule has 2 bridgehead atoms. The normalized spacial score (nSPS) is 27.7. The summed E-state index contributed by atoms with van der Waals surface area (Å²) in [6.07, 6.45) is 3.87. The fourth-order valence-electron chi connectivity index (χ4n) is 4.83. The molecule has 1 aliphatic carbocycles. The number of hydrogen-bond acceptors (Lipinski definition) is 2. The Labute approximate surface area is 138 Å². The first-order valence-corrected chi connectivity index (χ1v) is 9.03. The lowest BCUT2D eigenvalue weighted by atomic mass is 9.84. The van der Waals surface area contributed by atoms with E-state index in [1.807, 2.05) is 0 Å². The molecular weight excluding hydrogens is 280 g/mol. The number of rotatable bonds is 3. The van der Waals surface area contributed by atoms with E-state index in [-0.39, 0.29) is 0 Å². The van der Waals surface area contributed by atoms with Crippen LogP contribution in [0.3, 0.4) is 0 Å². The van der Waals surface area contributed by atoms with Crippen molar-refractivity contribution in [3.63, 3.8) is 0 Å². The predicted octanol–water partition coefficient (Wildman–Crippen LogP) is 3.44. The Bertz CT molecular complexity index is 728. The average molecular weight is 304 g/mol. The Kier molecular flexibility index (Phi) is 3.27. The van der Waals surface area contributed by atoms with E-state index in [0.717, 1.165) is 18.9 Å². The Morgan fingerprint density at radius 3 is 2.61 bits per heavy atom. The summed E-state index contributed by atoms with van der Waals surface area (Å²) in [5, 5.41) is 3.88. The van der Waals surface area contributed by atoms with Crippen LogP contribution in [0, 0.1) is 5.92 Å². The van der Waals surface area contributed by atoms with Gasteiger partial charge in [0.1, 0.15) is 0 Å². The van der Waals surface area contributed by atoms with E-state index in [9.17, 15) is 0 Å². The molecule has 1 unspecified atom stereocenters. The molecular formula is C21H24N2. The smallest absolute Gasteiger partial charge is 0.0227 e. The average Bonchev–Trinajstić information content (AvgIpc) is 3.00.